The van der Waals surface area contributed by atoms with Crippen LogP contribution in [0.15, 0.2) is 24.3 Å². The first-order valence-corrected chi connectivity index (χ1v) is 6.17. The van der Waals surface area contributed by atoms with Gasteiger partial charge < -0.3 is 15.4 Å². The zero-order chi connectivity index (χ0) is 12.8. The average molecular weight is 252 g/mol. The molecule has 0 unspecified atom stereocenters. The largest absolute Gasteiger partial charge is 0.494 e. The van der Waals surface area contributed by atoms with E-state index in [-0.39, 0.29) is 11.8 Å². The second-order valence-corrected chi connectivity index (χ2v) is 4.33. The molecule has 1 fully saturated rings. The Kier molecular flexibility index (Phi) is 4.39. The second-order valence-electron chi connectivity index (χ2n) is 4.33. The minimum atomic E-state index is -0.277. The maximum atomic E-state index is 12.6. The molecule has 4 nitrogen and oxygen atoms in total. The predicted molar refractivity (Wildman–Crippen MR) is 66.1 cm³/mol. The number of amides is 2. The number of urea groups is 1. The van der Waals surface area contributed by atoms with Gasteiger partial charge >= 0.3 is 6.03 Å². The molecular formula is C13H17FN2O2. The van der Waals surface area contributed by atoms with Crippen LogP contribution < -0.4 is 15.4 Å². The fourth-order valence-corrected chi connectivity index (χ4v) is 1.46. The van der Waals surface area contributed by atoms with Crippen LogP contribution in [0.5, 0.6) is 5.75 Å². The molecule has 0 heterocycles. The Bertz CT molecular complexity index is 390. The van der Waals surface area contributed by atoms with E-state index in [1.54, 1.807) is 12.1 Å². The van der Waals surface area contributed by atoms with Gasteiger partial charge in [-0.1, -0.05) is 0 Å². The summed E-state index contributed by atoms with van der Waals surface area (Å²) in [7, 11) is 0. The summed E-state index contributed by atoms with van der Waals surface area (Å²) in [6.07, 6.45) is 2.89. The van der Waals surface area contributed by atoms with Crippen LogP contribution in [0.25, 0.3) is 0 Å². The van der Waals surface area contributed by atoms with E-state index in [0.717, 1.165) is 19.3 Å². The highest BCUT2D eigenvalue weighted by molar-refractivity contribution is 5.74. The van der Waals surface area contributed by atoms with Crippen LogP contribution >= 0.6 is 0 Å². The molecule has 1 aromatic carbocycles. The van der Waals surface area contributed by atoms with Crippen molar-refractivity contribution < 1.29 is 13.9 Å². The van der Waals surface area contributed by atoms with Gasteiger partial charge in [0.2, 0.25) is 0 Å². The SMILES string of the molecule is O=C(NCCCOc1ccc(F)cc1)NC1CC1. The lowest BCUT2D eigenvalue weighted by atomic mass is 10.3. The normalized spacial score (nSPS) is 14.1. The molecule has 98 valence electrons. The molecule has 1 aromatic rings. The van der Waals surface area contributed by atoms with Gasteiger partial charge in [0, 0.05) is 12.6 Å². The molecule has 0 spiro atoms. The number of ether oxygens (including phenoxy) is 1. The van der Waals surface area contributed by atoms with E-state index in [9.17, 15) is 9.18 Å². The van der Waals surface area contributed by atoms with Crippen LogP contribution in [0, 0.1) is 5.82 Å². The van der Waals surface area contributed by atoms with E-state index >= 15 is 0 Å². The van der Waals surface area contributed by atoms with Crippen molar-refractivity contribution in [3.63, 3.8) is 0 Å². The Morgan fingerprint density at radius 2 is 2.06 bits per heavy atom. The molecule has 18 heavy (non-hydrogen) atoms. The molecule has 2 rings (SSSR count). The zero-order valence-electron chi connectivity index (χ0n) is 10.1. The first-order chi connectivity index (χ1) is 8.74. The number of nitrogens with one attached hydrogen (secondary N) is 2. The van der Waals surface area contributed by atoms with Crippen molar-refractivity contribution in [3.8, 4) is 5.75 Å². The molecule has 1 aliphatic carbocycles. The molecule has 5 heteroatoms. The first kappa shape index (κ1) is 12.7. The van der Waals surface area contributed by atoms with Gasteiger partial charge in [0.05, 0.1) is 6.61 Å². The molecular weight excluding hydrogens is 235 g/mol. The van der Waals surface area contributed by atoms with Crippen molar-refractivity contribution >= 4 is 6.03 Å². The van der Waals surface area contributed by atoms with Crippen molar-refractivity contribution in [3.05, 3.63) is 30.1 Å². The summed E-state index contributed by atoms with van der Waals surface area (Å²) in [6, 6.07) is 6.15. The van der Waals surface area contributed by atoms with E-state index in [2.05, 4.69) is 10.6 Å². The van der Waals surface area contributed by atoms with Gasteiger partial charge in [0.15, 0.2) is 0 Å². The number of carbonyl (C=O) groups excluding carboxylic acids is 1. The maximum Gasteiger partial charge on any atom is 0.315 e. The third-order valence-electron chi connectivity index (χ3n) is 2.60. The Labute approximate surface area is 106 Å². The van der Waals surface area contributed by atoms with Crippen LogP contribution in [-0.4, -0.2) is 25.2 Å². The standard InChI is InChI=1S/C13H17FN2O2/c14-10-2-6-12(7-3-10)18-9-1-8-15-13(17)16-11-4-5-11/h2-3,6-7,11H,1,4-5,8-9H2,(H2,15,16,17). The van der Waals surface area contributed by atoms with Gasteiger partial charge in [-0.2, -0.15) is 0 Å². The van der Waals surface area contributed by atoms with E-state index in [1.807, 2.05) is 0 Å². The van der Waals surface area contributed by atoms with Gasteiger partial charge in [-0.15, -0.1) is 0 Å². The highest BCUT2D eigenvalue weighted by atomic mass is 19.1. The van der Waals surface area contributed by atoms with Crippen molar-refractivity contribution in [2.45, 2.75) is 25.3 Å². The monoisotopic (exact) mass is 252 g/mol. The lowest BCUT2D eigenvalue weighted by Gasteiger charge is -2.08. The molecule has 0 aromatic heterocycles. The summed E-state index contributed by atoms with van der Waals surface area (Å²) >= 11 is 0. The first-order valence-electron chi connectivity index (χ1n) is 6.17. The van der Waals surface area contributed by atoms with Gasteiger partial charge in [0.1, 0.15) is 11.6 Å². The number of halogens is 1. The van der Waals surface area contributed by atoms with E-state index < -0.39 is 0 Å². The topological polar surface area (TPSA) is 50.4 Å². The van der Waals surface area contributed by atoms with Gasteiger partial charge in [0.25, 0.3) is 0 Å². The fourth-order valence-electron chi connectivity index (χ4n) is 1.46. The van der Waals surface area contributed by atoms with Gasteiger partial charge in [-0.25, -0.2) is 9.18 Å². The minimum Gasteiger partial charge on any atom is -0.494 e. The Morgan fingerprint density at radius 3 is 2.72 bits per heavy atom. The second kappa shape index (κ2) is 6.23. The smallest absolute Gasteiger partial charge is 0.315 e. The molecule has 0 radical (unpaired) electrons. The lowest BCUT2D eigenvalue weighted by Crippen LogP contribution is -2.37. The maximum absolute atomic E-state index is 12.6. The van der Waals surface area contributed by atoms with Crippen molar-refractivity contribution in [2.75, 3.05) is 13.2 Å². The molecule has 0 bridgehead atoms. The van der Waals surface area contributed by atoms with Crippen molar-refractivity contribution in [2.24, 2.45) is 0 Å². The highest BCUT2D eigenvalue weighted by Gasteiger charge is 2.22. The number of carbonyl (C=O) groups is 1. The third kappa shape index (κ3) is 4.61. The van der Waals surface area contributed by atoms with E-state index in [0.29, 0.717) is 24.9 Å². The molecule has 2 N–H and O–H groups in total. The molecule has 1 saturated carbocycles. The summed E-state index contributed by atoms with van der Waals surface area (Å²) < 4.78 is 18.0. The quantitative estimate of drug-likeness (QED) is 0.761. The minimum absolute atomic E-state index is 0.112. The van der Waals surface area contributed by atoms with Crippen molar-refractivity contribution in [1.82, 2.24) is 10.6 Å². The van der Waals surface area contributed by atoms with Gasteiger partial charge in [-0.05, 0) is 43.5 Å². The van der Waals surface area contributed by atoms with Crippen LogP contribution in [0.4, 0.5) is 9.18 Å². The molecule has 0 saturated heterocycles. The van der Waals surface area contributed by atoms with E-state index in [4.69, 9.17) is 4.74 Å². The number of hydrogen-bond acceptors (Lipinski definition) is 2. The average Bonchev–Trinajstić information content (AvgIpc) is 3.15. The van der Waals surface area contributed by atoms with Crippen LogP contribution in [-0.2, 0) is 0 Å². The number of benzene rings is 1. The summed E-state index contributed by atoms with van der Waals surface area (Å²) in [5, 5.41) is 5.60. The molecule has 0 atom stereocenters. The van der Waals surface area contributed by atoms with Crippen LogP contribution in [0.1, 0.15) is 19.3 Å². The van der Waals surface area contributed by atoms with Crippen molar-refractivity contribution in [1.29, 1.82) is 0 Å². The zero-order valence-corrected chi connectivity index (χ0v) is 10.1. The summed E-state index contributed by atoms with van der Waals surface area (Å²) in [5.74, 6) is 0.361. The third-order valence-corrected chi connectivity index (χ3v) is 2.60. The van der Waals surface area contributed by atoms with Gasteiger partial charge in [-0.3, -0.25) is 0 Å². The predicted octanol–water partition coefficient (Wildman–Crippen LogP) is 2.06. The Morgan fingerprint density at radius 1 is 1.33 bits per heavy atom. The Hall–Kier alpha value is -1.78. The summed E-state index contributed by atoms with van der Waals surface area (Å²) in [6.45, 7) is 1.06. The number of rotatable bonds is 6. The Balaban J connectivity index is 1.52. The number of hydrogen-bond donors (Lipinski definition) is 2. The summed E-state index contributed by atoms with van der Waals surface area (Å²) in [4.78, 5) is 11.3. The molecule has 0 aliphatic heterocycles. The fraction of sp³-hybridized carbons (Fsp3) is 0.462. The molecule has 1 aliphatic rings. The van der Waals surface area contributed by atoms with E-state index in [1.165, 1.54) is 12.1 Å². The summed E-state index contributed by atoms with van der Waals surface area (Å²) in [5.41, 5.74) is 0. The van der Waals surface area contributed by atoms with Crippen LogP contribution in [0.2, 0.25) is 0 Å². The highest BCUT2D eigenvalue weighted by Crippen LogP contribution is 2.18. The van der Waals surface area contributed by atoms with Crippen LogP contribution in [0.3, 0.4) is 0 Å². The lowest BCUT2D eigenvalue weighted by molar-refractivity contribution is 0.238. The molecule has 2 amide bonds.